The smallest absolute Gasteiger partial charge is 0.405 e. The first-order valence-electron chi connectivity index (χ1n) is 5.40. The van der Waals surface area contributed by atoms with Crippen LogP contribution in [0.15, 0.2) is 42.7 Å². The Morgan fingerprint density at radius 1 is 1.11 bits per heavy atom. The predicted molar refractivity (Wildman–Crippen MR) is 62.3 cm³/mol. The molecule has 1 N–H and O–H groups in total. The SMILES string of the molecule is OCc1cnccc1-c1ccccc1OC(F)(F)F. The summed E-state index contributed by atoms with van der Waals surface area (Å²) in [6.45, 7) is -0.316. The van der Waals surface area contributed by atoms with Crippen LogP contribution in [0.1, 0.15) is 5.56 Å². The van der Waals surface area contributed by atoms with Gasteiger partial charge in [0, 0.05) is 23.5 Å². The van der Waals surface area contributed by atoms with Gasteiger partial charge in [-0.2, -0.15) is 0 Å². The number of nitrogens with zero attached hydrogens (tertiary/aromatic N) is 1. The van der Waals surface area contributed by atoms with E-state index in [1.54, 1.807) is 6.07 Å². The first kappa shape index (κ1) is 13.4. The number of halogens is 3. The number of rotatable bonds is 3. The van der Waals surface area contributed by atoms with E-state index >= 15 is 0 Å². The van der Waals surface area contributed by atoms with Gasteiger partial charge in [-0.25, -0.2) is 0 Å². The molecule has 0 bridgehead atoms. The van der Waals surface area contributed by atoms with Crippen LogP contribution in [0, 0.1) is 0 Å². The average molecular weight is 269 g/mol. The van der Waals surface area contributed by atoms with E-state index in [-0.39, 0.29) is 17.9 Å². The Kier molecular flexibility index (Phi) is 3.71. The average Bonchev–Trinajstić information content (AvgIpc) is 2.37. The fourth-order valence-corrected chi connectivity index (χ4v) is 1.72. The highest BCUT2D eigenvalue weighted by molar-refractivity contribution is 5.72. The number of alkyl halides is 3. The van der Waals surface area contributed by atoms with Gasteiger partial charge in [-0.1, -0.05) is 18.2 Å². The molecule has 2 aromatic rings. The quantitative estimate of drug-likeness (QED) is 0.930. The molecule has 19 heavy (non-hydrogen) atoms. The largest absolute Gasteiger partial charge is 0.573 e. The Hall–Kier alpha value is -2.08. The highest BCUT2D eigenvalue weighted by atomic mass is 19.4. The number of benzene rings is 1. The van der Waals surface area contributed by atoms with Gasteiger partial charge in [0.05, 0.1) is 6.61 Å². The van der Waals surface area contributed by atoms with E-state index in [2.05, 4.69) is 9.72 Å². The van der Waals surface area contributed by atoms with Gasteiger partial charge in [-0.3, -0.25) is 4.98 Å². The summed E-state index contributed by atoms with van der Waals surface area (Å²) in [4.78, 5) is 3.82. The van der Waals surface area contributed by atoms with E-state index < -0.39 is 6.36 Å². The lowest BCUT2D eigenvalue weighted by Crippen LogP contribution is -2.17. The summed E-state index contributed by atoms with van der Waals surface area (Å²) < 4.78 is 41.0. The van der Waals surface area contributed by atoms with Gasteiger partial charge in [-0.05, 0) is 17.7 Å². The zero-order valence-corrected chi connectivity index (χ0v) is 9.69. The number of aromatic nitrogens is 1. The summed E-state index contributed by atoms with van der Waals surface area (Å²) in [5.74, 6) is -0.309. The van der Waals surface area contributed by atoms with Gasteiger partial charge < -0.3 is 9.84 Å². The molecule has 1 aromatic carbocycles. The van der Waals surface area contributed by atoms with Gasteiger partial charge in [0.2, 0.25) is 0 Å². The topological polar surface area (TPSA) is 42.4 Å². The van der Waals surface area contributed by atoms with Crippen LogP contribution in [0.4, 0.5) is 13.2 Å². The van der Waals surface area contributed by atoms with Crippen molar-refractivity contribution in [1.82, 2.24) is 4.98 Å². The molecule has 0 aliphatic carbocycles. The Morgan fingerprint density at radius 3 is 2.53 bits per heavy atom. The van der Waals surface area contributed by atoms with Crippen molar-refractivity contribution in [3.63, 3.8) is 0 Å². The summed E-state index contributed by atoms with van der Waals surface area (Å²) in [7, 11) is 0. The van der Waals surface area contributed by atoms with Crippen LogP contribution >= 0.6 is 0 Å². The summed E-state index contributed by atoms with van der Waals surface area (Å²) >= 11 is 0. The molecule has 0 fully saturated rings. The Bertz CT molecular complexity index is 570. The second-order valence-electron chi connectivity index (χ2n) is 3.73. The van der Waals surface area contributed by atoms with Gasteiger partial charge in [0.15, 0.2) is 0 Å². The maximum atomic E-state index is 12.3. The Morgan fingerprint density at radius 2 is 1.84 bits per heavy atom. The molecule has 0 amide bonds. The lowest BCUT2D eigenvalue weighted by atomic mass is 10.0. The molecular weight excluding hydrogens is 259 g/mol. The molecular formula is C13H10F3NO2. The molecule has 0 unspecified atom stereocenters. The number of aliphatic hydroxyl groups is 1. The van der Waals surface area contributed by atoms with Crippen LogP contribution in [0.5, 0.6) is 5.75 Å². The van der Waals surface area contributed by atoms with Crippen LogP contribution in [-0.2, 0) is 6.61 Å². The van der Waals surface area contributed by atoms with Crippen LogP contribution in [0.2, 0.25) is 0 Å². The van der Waals surface area contributed by atoms with Gasteiger partial charge in [-0.15, -0.1) is 13.2 Å². The van der Waals surface area contributed by atoms with Crippen LogP contribution in [-0.4, -0.2) is 16.5 Å². The number of hydrogen-bond acceptors (Lipinski definition) is 3. The summed E-state index contributed by atoms with van der Waals surface area (Å²) in [6, 6.07) is 7.30. The lowest BCUT2D eigenvalue weighted by molar-refractivity contribution is -0.274. The maximum Gasteiger partial charge on any atom is 0.573 e. The number of hydrogen-bond donors (Lipinski definition) is 1. The molecule has 1 aromatic heterocycles. The summed E-state index contributed by atoms with van der Waals surface area (Å²) in [5.41, 5.74) is 1.14. The number of para-hydroxylation sites is 1. The fraction of sp³-hybridized carbons (Fsp3) is 0.154. The van der Waals surface area contributed by atoms with Crippen molar-refractivity contribution in [2.24, 2.45) is 0 Å². The summed E-state index contributed by atoms with van der Waals surface area (Å²) in [5, 5.41) is 9.20. The molecule has 1 heterocycles. The number of aliphatic hydroxyl groups excluding tert-OH is 1. The molecule has 2 rings (SSSR count). The zero-order chi connectivity index (χ0) is 13.9. The van der Waals surface area contributed by atoms with Crippen LogP contribution < -0.4 is 4.74 Å². The van der Waals surface area contributed by atoms with E-state index in [1.165, 1.54) is 36.7 Å². The molecule has 3 nitrogen and oxygen atoms in total. The van der Waals surface area contributed by atoms with Crippen molar-refractivity contribution in [3.05, 3.63) is 48.3 Å². The second kappa shape index (κ2) is 5.27. The van der Waals surface area contributed by atoms with Crippen molar-refractivity contribution in [1.29, 1.82) is 0 Å². The van der Waals surface area contributed by atoms with Crippen molar-refractivity contribution in [2.75, 3.05) is 0 Å². The minimum absolute atomic E-state index is 0.256. The van der Waals surface area contributed by atoms with Gasteiger partial charge in [0.25, 0.3) is 0 Å². The second-order valence-corrected chi connectivity index (χ2v) is 3.73. The normalized spacial score (nSPS) is 11.4. The monoisotopic (exact) mass is 269 g/mol. The highest BCUT2D eigenvalue weighted by Crippen LogP contribution is 2.35. The molecule has 0 aliphatic rings. The number of pyridine rings is 1. The van der Waals surface area contributed by atoms with Crippen molar-refractivity contribution < 1.29 is 23.0 Å². The van der Waals surface area contributed by atoms with E-state index in [0.717, 1.165) is 0 Å². The minimum atomic E-state index is -4.76. The first-order valence-corrected chi connectivity index (χ1v) is 5.40. The maximum absolute atomic E-state index is 12.3. The van der Waals surface area contributed by atoms with Crippen LogP contribution in [0.3, 0.4) is 0 Å². The molecule has 0 spiro atoms. The van der Waals surface area contributed by atoms with E-state index in [4.69, 9.17) is 0 Å². The van der Waals surface area contributed by atoms with E-state index in [0.29, 0.717) is 11.1 Å². The Labute approximate surface area is 107 Å². The predicted octanol–water partition coefficient (Wildman–Crippen LogP) is 3.14. The molecule has 6 heteroatoms. The van der Waals surface area contributed by atoms with Gasteiger partial charge >= 0.3 is 6.36 Å². The highest BCUT2D eigenvalue weighted by Gasteiger charge is 2.32. The van der Waals surface area contributed by atoms with Crippen molar-refractivity contribution >= 4 is 0 Å². The molecule has 0 saturated heterocycles. The van der Waals surface area contributed by atoms with Crippen LogP contribution in [0.25, 0.3) is 11.1 Å². The summed E-state index contributed by atoms with van der Waals surface area (Å²) in [6.07, 6.45) is -1.92. The molecule has 0 aliphatic heterocycles. The van der Waals surface area contributed by atoms with Gasteiger partial charge in [0.1, 0.15) is 5.75 Å². The van der Waals surface area contributed by atoms with E-state index in [1.807, 2.05) is 0 Å². The molecule has 0 saturated carbocycles. The fourth-order valence-electron chi connectivity index (χ4n) is 1.72. The third-order valence-corrected chi connectivity index (χ3v) is 2.48. The minimum Gasteiger partial charge on any atom is -0.405 e. The zero-order valence-electron chi connectivity index (χ0n) is 9.69. The Balaban J connectivity index is 2.50. The third kappa shape index (κ3) is 3.23. The lowest BCUT2D eigenvalue weighted by Gasteiger charge is -2.14. The van der Waals surface area contributed by atoms with Crippen molar-refractivity contribution in [2.45, 2.75) is 13.0 Å². The standard InChI is InChI=1S/C13H10F3NO2/c14-13(15,16)19-12-4-2-1-3-11(12)10-5-6-17-7-9(10)8-18/h1-7,18H,8H2. The molecule has 0 atom stereocenters. The van der Waals surface area contributed by atoms with E-state index in [9.17, 15) is 18.3 Å². The van der Waals surface area contributed by atoms with Crippen molar-refractivity contribution in [3.8, 4) is 16.9 Å². The molecule has 100 valence electrons. The molecule has 0 radical (unpaired) electrons. The number of ether oxygens (including phenoxy) is 1. The first-order chi connectivity index (χ1) is 9.01. The third-order valence-electron chi connectivity index (χ3n) is 2.48.